The lowest BCUT2D eigenvalue weighted by atomic mass is 10.1. The molecule has 1 heterocycles. The molecule has 104 valence electrons. The summed E-state index contributed by atoms with van der Waals surface area (Å²) in [5.74, 6) is -1.03. The average molecular weight is 279 g/mol. The van der Waals surface area contributed by atoms with Gasteiger partial charge in [-0.05, 0) is 30.3 Å². The van der Waals surface area contributed by atoms with Crippen LogP contribution in [0.15, 0.2) is 54.7 Å². The average Bonchev–Trinajstić information content (AvgIpc) is 2.49. The number of nitrogens with one attached hydrogen (secondary N) is 1. The SMILES string of the molecule is Nc1ccc(Nc2cnc3ccccc3c2)c(C(=O)O)c1. The quantitative estimate of drug-likeness (QED) is 0.640. The van der Waals surface area contributed by atoms with Crippen LogP contribution in [0.2, 0.25) is 0 Å². The first-order valence-corrected chi connectivity index (χ1v) is 6.38. The predicted molar refractivity (Wildman–Crippen MR) is 82.8 cm³/mol. The number of hydrogen-bond donors (Lipinski definition) is 3. The fourth-order valence-corrected chi connectivity index (χ4v) is 2.14. The number of carboxylic acids is 1. The Kier molecular flexibility index (Phi) is 3.16. The molecule has 21 heavy (non-hydrogen) atoms. The van der Waals surface area contributed by atoms with Gasteiger partial charge < -0.3 is 16.2 Å². The van der Waals surface area contributed by atoms with E-state index in [9.17, 15) is 9.90 Å². The zero-order chi connectivity index (χ0) is 14.8. The molecule has 0 unspecified atom stereocenters. The maximum absolute atomic E-state index is 11.3. The topological polar surface area (TPSA) is 88.2 Å². The number of aromatic nitrogens is 1. The molecule has 0 fully saturated rings. The number of nitrogen functional groups attached to an aromatic ring is 1. The Balaban J connectivity index is 2.00. The Labute approximate surface area is 121 Å². The molecule has 2 aromatic carbocycles. The van der Waals surface area contributed by atoms with E-state index in [-0.39, 0.29) is 5.56 Å². The van der Waals surface area contributed by atoms with E-state index in [1.54, 1.807) is 18.3 Å². The second-order valence-electron chi connectivity index (χ2n) is 4.65. The number of carbonyl (C=O) groups is 1. The summed E-state index contributed by atoms with van der Waals surface area (Å²) in [6, 6.07) is 14.4. The van der Waals surface area contributed by atoms with Gasteiger partial charge in [0, 0.05) is 11.1 Å². The molecule has 3 rings (SSSR count). The highest BCUT2D eigenvalue weighted by atomic mass is 16.4. The lowest BCUT2D eigenvalue weighted by Gasteiger charge is -2.10. The smallest absolute Gasteiger partial charge is 0.337 e. The summed E-state index contributed by atoms with van der Waals surface area (Å²) >= 11 is 0. The van der Waals surface area contributed by atoms with Crippen molar-refractivity contribution in [3.05, 3.63) is 60.3 Å². The molecule has 5 heteroatoms. The van der Waals surface area contributed by atoms with Gasteiger partial charge in [0.1, 0.15) is 0 Å². The third-order valence-electron chi connectivity index (χ3n) is 3.14. The van der Waals surface area contributed by atoms with Gasteiger partial charge in [0.2, 0.25) is 0 Å². The van der Waals surface area contributed by atoms with Crippen molar-refractivity contribution in [1.29, 1.82) is 0 Å². The number of nitrogens with two attached hydrogens (primary N) is 1. The van der Waals surface area contributed by atoms with Crippen LogP contribution in [0.5, 0.6) is 0 Å². The van der Waals surface area contributed by atoms with Crippen LogP contribution >= 0.6 is 0 Å². The minimum atomic E-state index is -1.03. The fraction of sp³-hybridized carbons (Fsp3) is 0. The summed E-state index contributed by atoms with van der Waals surface area (Å²) in [5, 5.41) is 13.3. The van der Waals surface area contributed by atoms with Crippen LogP contribution in [0, 0.1) is 0 Å². The largest absolute Gasteiger partial charge is 0.478 e. The van der Waals surface area contributed by atoms with E-state index in [1.807, 2.05) is 30.3 Å². The zero-order valence-corrected chi connectivity index (χ0v) is 11.1. The molecular formula is C16H13N3O2. The Morgan fingerprint density at radius 3 is 2.76 bits per heavy atom. The third kappa shape index (κ3) is 2.62. The molecule has 0 radical (unpaired) electrons. The summed E-state index contributed by atoms with van der Waals surface area (Å²) in [6.45, 7) is 0. The van der Waals surface area contributed by atoms with Crippen LogP contribution < -0.4 is 11.1 Å². The van der Waals surface area contributed by atoms with E-state index < -0.39 is 5.97 Å². The second-order valence-corrected chi connectivity index (χ2v) is 4.65. The molecule has 0 atom stereocenters. The monoisotopic (exact) mass is 279 g/mol. The molecule has 1 aromatic heterocycles. The third-order valence-corrected chi connectivity index (χ3v) is 3.14. The molecule has 4 N–H and O–H groups in total. The van der Waals surface area contributed by atoms with Gasteiger partial charge in [-0.1, -0.05) is 18.2 Å². The van der Waals surface area contributed by atoms with Crippen LogP contribution in [0.25, 0.3) is 10.9 Å². The molecule has 0 bridgehead atoms. The van der Waals surface area contributed by atoms with Crippen molar-refractivity contribution in [2.45, 2.75) is 0 Å². The van der Waals surface area contributed by atoms with Crippen molar-refractivity contribution in [1.82, 2.24) is 4.98 Å². The molecule has 3 aromatic rings. The lowest BCUT2D eigenvalue weighted by molar-refractivity contribution is 0.0698. The predicted octanol–water partition coefficient (Wildman–Crippen LogP) is 3.26. The minimum absolute atomic E-state index is 0.128. The molecule has 0 aliphatic heterocycles. The van der Waals surface area contributed by atoms with Gasteiger partial charge in [-0.3, -0.25) is 4.98 Å². The van der Waals surface area contributed by atoms with Crippen molar-refractivity contribution < 1.29 is 9.90 Å². The molecule has 0 saturated carbocycles. The molecule has 0 aliphatic rings. The van der Waals surface area contributed by atoms with Gasteiger partial charge >= 0.3 is 5.97 Å². The number of carboxylic acid groups (broad SMARTS) is 1. The molecule has 0 spiro atoms. The normalized spacial score (nSPS) is 10.5. The van der Waals surface area contributed by atoms with Gasteiger partial charge in [-0.15, -0.1) is 0 Å². The Hall–Kier alpha value is -3.08. The fourth-order valence-electron chi connectivity index (χ4n) is 2.14. The van der Waals surface area contributed by atoms with Gasteiger partial charge in [0.25, 0.3) is 0 Å². The number of para-hydroxylation sites is 1. The molecule has 0 aliphatic carbocycles. The van der Waals surface area contributed by atoms with Crippen molar-refractivity contribution in [2.75, 3.05) is 11.1 Å². The highest BCUT2D eigenvalue weighted by Crippen LogP contribution is 2.24. The lowest BCUT2D eigenvalue weighted by Crippen LogP contribution is -2.04. The van der Waals surface area contributed by atoms with E-state index in [0.717, 1.165) is 16.6 Å². The van der Waals surface area contributed by atoms with Gasteiger partial charge in [-0.2, -0.15) is 0 Å². The van der Waals surface area contributed by atoms with Crippen LogP contribution in [0.4, 0.5) is 17.1 Å². The van der Waals surface area contributed by atoms with Crippen molar-refractivity contribution in [3.8, 4) is 0 Å². The first kappa shape index (κ1) is 12.9. The Morgan fingerprint density at radius 2 is 1.95 bits per heavy atom. The van der Waals surface area contributed by atoms with Crippen molar-refractivity contribution in [3.63, 3.8) is 0 Å². The van der Waals surface area contributed by atoms with Crippen LogP contribution in [-0.4, -0.2) is 16.1 Å². The number of fused-ring (bicyclic) bond motifs is 1. The second kappa shape index (κ2) is 5.13. The van der Waals surface area contributed by atoms with E-state index >= 15 is 0 Å². The van der Waals surface area contributed by atoms with E-state index in [2.05, 4.69) is 10.3 Å². The highest BCUT2D eigenvalue weighted by molar-refractivity contribution is 5.96. The number of benzene rings is 2. The van der Waals surface area contributed by atoms with E-state index in [4.69, 9.17) is 5.73 Å². The van der Waals surface area contributed by atoms with Gasteiger partial charge in [-0.25, -0.2) is 4.79 Å². The zero-order valence-electron chi connectivity index (χ0n) is 11.1. The van der Waals surface area contributed by atoms with Gasteiger partial charge in [0.15, 0.2) is 0 Å². The number of anilines is 3. The van der Waals surface area contributed by atoms with E-state index in [0.29, 0.717) is 11.4 Å². The van der Waals surface area contributed by atoms with Gasteiger partial charge in [0.05, 0.1) is 28.7 Å². The summed E-state index contributed by atoms with van der Waals surface area (Å²) in [7, 11) is 0. The first-order valence-electron chi connectivity index (χ1n) is 6.38. The number of nitrogens with zero attached hydrogens (tertiary/aromatic N) is 1. The molecule has 5 nitrogen and oxygen atoms in total. The van der Waals surface area contributed by atoms with E-state index in [1.165, 1.54) is 6.07 Å². The van der Waals surface area contributed by atoms with Crippen LogP contribution in [-0.2, 0) is 0 Å². The number of aromatic carboxylic acids is 1. The first-order chi connectivity index (χ1) is 10.1. The molecular weight excluding hydrogens is 266 g/mol. The molecule has 0 amide bonds. The Morgan fingerprint density at radius 1 is 1.14 bits per heavy atom. The summed E-state index contributed by atoms with van der Waals surface area (Å²) in [4.78, 5) is 15.6. The maximum atomic E-state index is 11.3. The molecule has 0 saturated heterocycles. The summed E-state index contributed by atoms with van der Waals surface area (Å²) in [6.07, 6.45) is 1.67. The Bertz CT molecular complexity index is 831. The highest BCUT2D eigenvalue weighted by Gasteiger charge is 2.11. The van der Waals surface area contributed by atoms with Crippen LogP contribution in [0.3, 0.4) is 0 Å². The summed E-state index contributed by atoms with van der Waals surface area (Å²) < 4.78 is 0. The minimum Gasteiger partial charge on any atom is -0.478 e. The standard InChI is InChI=1S/C16H13N3O2/c17-11-5-6-15(13(8-11)16(20)21)19-12-7-10-3-1-2-4-14(10)18-9-12/h1-9,19H,17H2,(H,20,21). The number of rotatable bonds is 3. The van der Waals surface area contributed by atoms with Crippen molar-refractivity contribution >= 4 is 33.9 Å². The number of pyridine rings is 1. The maximum Gasteiger partial charge on any atom is 0.337 e. The number of hydrogen-bond acceptors (Lipinski definition) is 4. The van der Waals surface area contributed by atoms with Crippen molar-refractivity contribution in [2.24, 2.45) is 0 Å². The summed E-state index contributed by atoms with van der Waals surface area (Å²) in [5.41, 5.74) is 8.26. The van der Waals surface area contributed by atoms with Crippen LogP contribution in [0.1, 0.15) is 10.4 Å².